The van der Waals surface area contributed by atoms with Crippen LogP contribution in [0.3, 0.4) is 0 Å². The Morgan fingerprint density at radius 1 is 0.581 bits per heavy atom. The summed E-state index contributed by atoms with van der Waals surface area (Å²) >= 11 is 0. The lowest BCUT2D eigenvalue weighted by Gasteiger charge is -2.27. The number of imidazole rings is 1. The van der Waals surface area contributed by atoms with Gasteiger partial charge in [0, 0.05) is 53.1 Å². The van der Waals surface area contributed by atoms with E-state index in [0.717, 1.165) is 33.9 Å². The number of fused-ring (bicyclic) bond motifs is 1. The van der Waals surface area contributed by atoms with Crippen molar-refractivity contribution in [2.45, 2.75) is 98.4 Å². The minimum atomic E-state index is -4.13. The first-order valence-corrected chi connectivity index (χ1v) is 20.6. The molecule has 0 unspecified atom stereocenters. The normalized spacial score (nSPS) is 17.9. The van der Waals surface area contributed by atoms with Crippen LogP contribution < -0.4 is 0 Å². The Hall–Kier alpha value is -6.26. The summed E-state index contributed by atoms with van der Waals surface area (Å²) in [6.45, 7) is -14.2. The number of nitrogens with zero attached hydrogens (tertiary/aromatic N) is 3. The molecule has 2 aromatic heterocycles. The van der Waals surface area contributed by atoms with E-state index in [1.807, 2.05) is 124 Å². The molecule has 0 aliphatic carbocycles. The highest BCUT2D eigenvalue weighted by Gasteiger charge is 2.29. The van der Waals surface area contributed by atoms with Crippen LogP contribution in [0.2, 0.25) is 0 Å². The van der Waals surface area contributed by atoms with Crippen molar-refractivity contribution < 1.29 is 29.8 Å². The molecule has 8 rings (SSSR count). The molecule has 0 saturated carbocycles. The molecule has 1 N–H and O–H groups in total. The van der Waals surface area contributed by atoms with Crippen LogP contribution in [0.25, 0.3) is 72.7 Å². The number of pyridine rings is 1. The molecule has 6 aromatic carbocycles. The summed E-state index contributed by atoms with van der Waals surface area (Å²) in [5.41, 5.74) is -3.75. The Labute approximate surface area is 394 Å². The maximum absolute atomic E-state index is 13.0. The Morgan fingerprint density at radius 3 is 1.94 bits per heavy atom. The number of rotatable bonds is 8. The third kappa shape index (κ3) is 8.48. The Balaban J connectivity index is 1.62. The van der Waals surface area contributed by atoms with Crippen molar-refractivity contribution in [1.29, 1.82) is 0 Å². The van der Waals surface area contributed by atoms with Gasteiger partial charge in [0.25, 0.3) is 0 Å². The van der Waals surface area contributed by atoms with Gasteiger partial charge < -0.3 is 5.11 Å². The zero-order valence-electron chi connectivity index (χ0n) is 53.4. The maximum atomic E-state index is 13.0. The third-order valence-corrected chi connectivity index (χ3v) is 11.2. The molecule has 314 valence electrons. The fraction of sp³-hybridized carbons (Fsp3) is 0.276. The Bertz CT molecular complexity index is 3510. The molecule has 0 saturated heterocycles. The first-order chi connectivity index (χ1) is 36.9. The molecular formula is C58H61N3O. The second kappa shape index (κ2) is 16.2. The van der Waals surface area contributed by atoms with E-state index in [2.05, 4.69) is 13.8 Å². The van der Waals surface area contributed by atoms with Gasteiger partial charge in [-0.1, -0.05) is 167 Å². The first-order valence-electron chi connectivity index (χ1n) is 29.6. The van der Waals surface area contributed by atoms with Gasteiger partial charge in [-0.2, -0.15) is 0 Å². The number of aromatic nitrogens is 3. The van der Waals surface area contributed by atoms with Gasteiger partial charge >= 0.3 is 0 Å². The van der Waals surface area contributed by atoms with Crippen LogP contribution >= 0.6 is 0 Å². The van der Waals surface area contributed by atoms with Crippen molar-refractivity contribution in [3.05, 3.63) is 168 Å². The molecule has 4 nitrogen and oxygen atoms in total. The van der Waals surface area contributed by atoms with E-state index in [1.54, 1.807) is 35.0 Å². The van der Waals surface area contributed by atoms with Crippen molar-refractivity contribution in [2.75, 3.05) is 0 Å². The van der Waals surface area contributed by atoms with Crippen molar-refractivity contribution >= 4 is 11.0 Å². The number of phenolic OH excluding ortho intramolecular Hbond substituents is 1. The van der Waals surface area contributed by atoms with Gasteiger partial charge in [-0.25, -0.2) is 4.98 Å². The molecule has 2 heterocycles. The van der Waals surface area contributed by atoms with E-state index in [4.69, 9.17) is 34.6 Å². The van der Waals surface area contributed by atoms with E-state index in [0.29, 0.717) is 51.6 Å². The van der Waals surface area contributed by atoms with Gasteiger partial charge in [0.15, 0.2) is 0 Å². The number of para-hydroxylation sites is 1. The van der Waals surface area contributed by atoms with E-state index in [-0.39, 0.29) is 11.4 Å². The molecule has 0 aliphatic heterocycles. The molecule has 0 aliphatic rings. The van der Waals surface area contributed by atoms with Crippen molar-refractivity contribution in [1.82, 2.24) is 14.5 Å². The summed E-state index contributed by atoms with van der Waals surface area (Å²) in [6, 6.07) is 40.7. The first kappa shape index (κ1) is 25.6. The summed E-state index contributed by atoms with van der Waals surface area (Å²) in [6.07, 6.45) is 2.35. The molecule has 0 radical (unpaired) electrons. The molecule has 8 aromatic rings. The largest absolute Gasteiger partial charge is 0.507 e. The SMILES string of the molecule is [2H]C([2H])([2H])C(c1cc(-c2nc3c(-c4cc(-c5cc(-c6ccccc6)ccn5)cc(C(C)(C)C)c4)cccc3n2-c2ccc(CC(C)C)cc2-c2ccccc2)c(O)c(C(C([2H])([2H])[2H])(C([2H])([2H])[2H])C([2H])([2H])[2H])c1)(C([2H])([2H])[2H])C([2H])([2H])[2H]. The fourth-order valence-electron chi connectivity index (χ4n) is 8.05. The van der Waals surface area contributed by atoms with E-state index < -0.39 is 85.6 Å². The number of benzene rings is 6. The van der Waals surface area contributed by atoms with Gasteiger partial charge in [0.2, 0.25) is 0 Å². The zero-order valence-corrected chi connectivity index (χ0v) is 35.4. The lowest BCUT2D eigenvalue weighted by Crippen LogP contribution is -2.17. The number of phenols is 1. The Morgan fingerprint density at radius 2 is 1.26 bits per heavy atom. The van der Waals surface area contributed by atoms with Crippen LogP contribution in [0.4, 0.5) is 0 Å². The monoisotopic (exact) mass is 834 g/mol. The molecule has 0 spiro atoms. The summed E-state index contributed by atoms with van der Waals surface area (Å²) in [5, 5.41) is 13.0. The summed E-state index contributed by atoms with van der Waals surface area (Å²) in [7, 11) is 0. The van der Waals surface area contributed by atoms with E-state index in [1.165, 1.54) is 0 Å². The third-order valence-electron chi connectivity index (χ3n) is 11.2. The van der Waals surface area contributed by atoms with Crippen LogP contribution in [0.15, 0.2) is 146 Å². The summed E-state index contributed by atoms with van der Waals surface area (Å²) in [4.78, 5) is 10.0. The van der Waals surface area contributed by atoms with Gasteiger partial charge in [-0.15, -0.1) is 0 Å². The minimum absolute atomic E-state index is 0.199. The van der Waals surface area contributed by atoms with Gasteiger partial charge in [-0.3, -0.25) is 9.55 Å². The molecule has 0 bridgehead atoms. The lowest BCUT2D eigenvalue weighted by molar-refractivity contribution is 0.446. The molecule has 0 atom stereocenters. The Kier molecular flexibility index (Phi) is 6.70. The predicted octanol–water partition coefficient (Wildman–Crippen LogP) is 15.6. The van der Waals surface area contributed by atoms with Crippen molar-refractivity contribution in [3.8, 4) is 67.5 Å². The van der Waals surface area contributed by atoms with E-state index in [9.17, 15) is 5.11 Å². The quantitative estimate of drug-likeness (QED) is 0.166. The fourth-order valence-corrected chi connectivity index (χ4v) is 8.05. The minimum Gasteiger partial charge on any atom is -0.507 e. The molecular weight excluding hydrogens is 755 g/mol. The summed E-state index contributed by atoms with van der Waals surface area (Å²) in [5.74, 6) is -1.54. The van der Waals surface area contributed by atoms with Crippen molar-refractivity contribution in [2.24, 2.45) is 5.92 Å². The van der Waals surface area contributed by atoms with Crippen LogP contribution in [0.5, 0.6) is 5.75 Å². The van der Waals surface area contributed by atoms with Crippen molar-refractivity contribution in [3.63, 3.8) is 0 Å². The summed E-state index contributed by atoms with van der Waals surface area (Å²) < 4.78 is 159. The van der Waals surface area contributed by atoms with Crippen LogP contribution in [0, 0.1) is 5.92 Å². The van der Waals surface area contributed by atoms with Gasteiger partial charge in [0.1, 0.15) is 11.6 Å². The highest BCUT2D eigenvalue weighted by molar-refractivity contribution is 5.98. The predicted molar refractivity (Wildman–Crippen MR) is 262 cm³/mol. The average Bonchev–Trinajstić information content (AvgIpc) is 3.58. The number of hydrogen-bond donors (Lipinski definition) is 1. The second-order valence-corrected chi connectivity index (χ2v) is 17.5. The van der Waals surface area contributed by atoms with Gasteiger partial charge in [-0.05, 0) is 116 Å². The zero-order chi connectivity index (χ0) is 59.1. The van der Waals surface area contributed by atoms with Crippen LogP contribution in [-0.2, 0) is 22.7 Å². The van der Waals surface area contributed by atoms with Gasteiger partial charge in [0.05, 0.1) is 28.0 Å². The molecule has 4 heteroatoms. The molecule has 0 fully saturated rings. The maximum Gasteiger partial charge on any atom is 0.149 e. The topological polar surface area (TPSA) is 50.9 Å². The molecule has 0 amide bonds. The standard InChI is InChI=1S/C58H61N3O/c1-37(2)29-38-25-26-51(47(30-38)40-21-16-13-17-22-40)61-52-24-18-23-46(53(52)60-55(61)48-35-45(57(6,7)8)36-49(54(48)62)58(9,10)11)42-31-43(33-44(32-42)56(3,4)5)50-34-41(27-28-59-50)39-19-14-12-15-20-39/h12-28,30-37,62H,29H2,1-11H3/i6D3,7D3,8D3,9D3,10D3,11D3. The smallest absolute Gasteiger partial charge is 0.149 e. The molecule has 62 heavy (non-hydrogen) atoms. The second-order valence-electron chi connectivity index (χ2n) is 17.5. The average molecular weight is 834 g/mol. The number of hydrogen-bond acceptors (Lipinski definition) is 3. The lowest BCUT2D eigenvalue weighted by atomic mass is 9.79. The highest BCUT2D eigenvalue weighted by atomic mass is 16.3. The van der Waals surface area contributed by atoms with Crippen LogP contribution in [0.1, 0.15) is 123 Å². The van der Waals surface area contributed by atoms with Crippen LogP contribution in [-0.4, -0.2) is 19.6 Å². The number of aromatic hydroxyl groups is 1. The highest BCUT2D eigenvalue weighted by Crippen LogP contribution is 2.46. The van der Waals surface area contributed by atoms with E-state index >= 15 is 0 Å².